The van der Waals surface area contributed by atoms with Crippen LogP contribution >= 0.6 is 27.7 Å². The van der Waals surface area contributed by atoms with Crippen LogP contribution in [0.15, 0.2) is 113 Å². The summed E-state index contributed by atoms with van der Waals surface area (Å²) in [5.74, 6) is 1.08. The molecule has 0 spiro atoms. The second kappa shape index (κ2) is 14.1. The third kappa shape index (κ3) is 6.78. The van der Waals surface area contributed by atoms with Gasteiger partial charge in [0.05, 0.1) is 34.1 Å². The van der Waals surface area contributed by atoms with E-state index < -0.39 is 27.1 Å². The number of thioether (sulfide) groups is 1. The summed E-state index contributed by atoms with van der Waals surface area (Å²) in [4.78, 5) is 5.03. The molecule has 0 amide bonds. The molecule has 0 fully saturated rings. The Labute approximate surface area is 330 Å². The van der Waals surface area contributed by atoms with E-state index in [0.717, 1.165) is 37.1 Å². The Bertz CT molecular complexity index is 2690. The smallest absolute Gasteiger partial charge is 0.268 e. The highest BCUT2D eigenvalue weighted by molar-refractivity contribution is 9.10. The average Bonchev–Trinajstić information content (AvgIpc) is 3.92. The molecule has 0 saturated carbocycles. The molecular formula is C41H37BrF2N6O3S2. The average molecular weight is 844 g/mol. The van der Waals surface area contributed by atoms with Gasteiger partial charge in [-0.15, -0.1) is 0 Å². The Morgan fingerprint density at radius 2 is 1.73 bits per heavy atom. The largest absolute Gasteiger partial charge is 0.454 e. The van der Waals surface area contributed by atoms with Crippen molar-refractivity contribution < 1.29 is 21.9 Å². The van der Waals surface area contributed by atoms with Crippen molar-refractivity contribution in [3.8, 4) is 22.9 Å². The molecule has 0 aliphatic carbocycles. The van der Waals surface area contributed by atoms with Crippen molar-refractivity contribution in [2.75, 3.05) is 11.5 Å². The number of rotatable bonds is 3. The highest BCUT2D eigenvalue weighted by atomic mass is 79.9. The van der Waals surface area contributed by atoms with Gasteiger partial charge in [-0.05, 0) is 78.8 Å². The molecule has 1 aliphatic rings. The number of ether oxygens (including phenoxy) is 1. The lowest BCUT2D eigenvalue weighted by molar-refractivity contribution is 0.434. The van der Waals surface area contributed by atoms with Crippen molar-refractivity contribution in [3.63, 3.8) is 0 Å². The predicted molar refractivity (Wildman–Crippen MR) is 214 cm³/mol. The van der Waals surface area contributed by atoms with Crippen LogP contribution in [0.5, 0.6) is 11.5 Å². The topological polar surface area (TPSA) is 96.8 Å². The van der Waals surface area contributed by atoms with Crippen LogP contribution in [-0.4, -0.2) is 48.4 Å². The van der Waals surface area contributed by atoms with E-state index in [1.165, 1.54) is 36.5 Å². The number of benzene rings is 4. The molecular weight excluding hydrogens is 807 g/mol. The summed E-state index contributed by atoms with van der Waals surface area (Å²) in [5, 5.41) is 9.99. The third-order valence-electron chi connectivity index (χ3n) is 10.3. The summed E-state index contributed by atoms with van der Waals surface area (Å²) in [6.07, 6.45) is 5.88. The lowest BCUT2D eigenvalue weighted by Gasteiger charge is -2.29. The van der Waals surface area contributed by atoms with Gasteiger partial charge >= 0.3 is 0 Å². The van der Waals surface area contributed by atoms with E-state index in [1.807, 2.05) is 36.3 Å². The lowest BCUT2D eigenvalue weighted by atomic mass is 9.79. The monoisotopic (exact) mass is 842 g/mol. The molecule has 1 unspecified atom stereocenters. The van der Waals surface area contributed by atoms with E-state index in [1.54, 1.807) is 40.7 Å². The Morgan fingerprint density at radius 1 is 0.927 bits per heavy atom. The summed E-state index contributed by atoms with van der Waals surface area (Å²) in [7, 11) is -2.34. The quantitative estimate of drug-likeness (QED) is 0.175. The van der Waals surface area contributed by atoms with E-state index in [4.69, 9.17) is 14.8 Å². The number of halogens is 3. The minimum atomic E-state index is -4.07. The van der Waals surface area contributed by atoms with Crippen molar-refractivity contribution in [2.45, 2.75) is 49.5 Å². The molecule has 3 aromatic heterocycles. The molecule has 9 nitrogen and oxygen atoms in total. The summed E-state index contributed by atoms with van der Waals surface area (Å²) < 4.78 is 71.5. The molecule has 14 heteroatoms. The fraction of sp³-hybridized carbons (Fsp3) is 0.244. The summed E-state index contributed by atoms with van der Waals surface area (Å²) in [6, 6.07) is 23.0. The van der Waals surface area contributed by atoms with Gasteiger partial charge < -0.3 is 4.74 Å². The fourth-order valence-electron chi connectivity index (χ4n) is 7.03. The lowest BCUT2D eigenvalue weighted by Crippen LogP contribution is -2.27. The van der Waals surface area contributed by atoms with Gasteiger partial charge in [0.25, 0.3) is 10.0 Å². The molecule has 7 aromatic rings. The van der Waals surface area contributed by atoms with Crippen LogP contribution in [0.4, 0.5) is 8.78 Å². The van der Waals surface area contributed by atoms with Crippen LogP contribution in [0.1, 0.15) is 49.7 Å². The first kappa shape index (κ1) is 37.1. The zero-order chi connectivity index (χ0) is 38.7. The minimum Gasteiger partial charge on any atom is -0.454 e. The Morgan fingerprint density at radius 3 is 2.51 bits per heavy atom. The van der Waals surface area contributed by atoms with Crippen molar-refractivity contribution in [1.82, 2.24) is 28.5 Å². The van der Waals surface area contributed by atoms with Gasteiger partial charge in [-0.2, -0.15) is 22.0 Å². The van der Waals surface area contributed by atoms with Gasteiger partial charge in [0.2, 0.25) is 0 Å². The van der Waals surface area contributed by atoms with E-state index in [9.17, 15) is 8.42 Å². The van der Waals surface area contributed by atoms with Crippen molar-refractivity contribution in [1.29, 1.82) is 0 Å². The molecule has 8 rings (SSSR count). The van der Waals surface area contributed by atoms with Crippen molar-refractivity contribution >= 4 is 48.6 Å². The minimum absolute atomic E-state index is 0.0634. The standard InChI is InChI=1S/C41H37BrF2N6O3S2/c1-40(2)25-54-18-16-41(3,26-9-8-10-28(42)19-26)39-46-38(48(4)47-39)32-20-29(13-14-34(32)43)53-37-33(24-49-23-27(40)22-45-49)31-15-17-50(36(31)21-35(37)44)55(51,52)30-11-6-5-7-12-30/h5-15,17,19-23H,16,18,24-25H2,1-4H3. The third-order valence-corrected chi connectivity index (χ3v) is 13.9. The second-order valence-electron chi connectivity index (χ2n) is 14.6. The summed E-state index contributed by atoms with van der Waals surface area (Å²) in [5.41, 5.74) is 1.75. The highest BCUT2D eigenvalue weighted by Crippen LogP contribution is 2.41. The summed E-state index contributed by atoms with van der Waals surface area (Å²) in [6.45, 7) is 6.50. The zero-order valence-electron chi connectivity index (χ0n) is 30.5. The first-order valence-electron chi connectivity index (χ1n) is 17.6. The van der Waals surface area contributed by atoms with Gasteiger partial charge in [-0.1, -0.05) is 60.1 Å². The predicted octanol–water partition coefficient (Wildman–Crippen LogP) is 9.47. The molecule has 4 aromatic carbocycles. The molecule has 1 aliphatic heterocycles. The van der Waals surface area contributed by atoms with Crippen molar-refractivity contribution in [3.05, 3.63) is 142 Å². The van der Waals surface area contributed by atoms with Crippen LogP contribution in [-0.2, 0) is 34.4 Å². The number of hydrogen-bond donors (Lipinski definition) is 0. The van der Waals surface area contributed by atoms with E-state index in [2.05, 4.69) is 53.9 Å². The first-order chi connectivity index (χ1) is 26.2. The SMILES string of the molecule is Cn1nc2nc1-c1cc(ccc1F)Oc1c(F)cc3c(ccn3S(=O)(=O)c3ccccc3)c1Cn1cc(cn1)C(C)(C)CSCCC2(C)c1cccc(Br)c1. The van der Waals surface area contributed by atoms with Gasteiger partial charge in [0, 0.05) is 52.1 Å². The van der Waals surface area contributed by atoms with Gasteiger partial charge in [-0.3, -0.25) is 4.68 Å². The Balaban J connectivity index is 1.30. The van der Waals surface area contributed by atoms with Crippen LogP contribution < -0.4 is 4.74 Å². The molecule has 1 atom stereocenters. The maximum Gasteiger partial charge on any atom is 0.268 e. The van der Waals surface area contributed by atoms with Gasteiger partial charge in [0.15, 0.2) is 23.2 Å². The number of aromatic nitrogens is 6. The van der Waals surface area contributed by atoms with E-state index in [-0.39, 0.29) is 45.3 Å². The van der Waals surface area contributed by atoms with Gasteiger partial charge in [0.1, 0.15) is 11.6 Å². The van der Waals surface area contributed by atoms with Crippen molar-refractivity contribution in [2.24, 2.45) is 7.05 Å². The molecule has 0 radical (unpaired) electrons. The maximum atomic E-state index is 16.5. The van der Waals surface area contributed by atoms with E-state index in [0.29, 0.717) is 23.2 Å². The summed E-state index contributed by atoms with van der Waals surface area (Å²) >= 11 is 5.44. The van der Waals surface area contributed by atoms with E-state index >= 15 is 8.78 Å². The fourth-order valence-corrected chi connectivity index (χ4v) is 10.2. The van der Waals surface area contributed by atoms with Gasteiger partial charge in [-0.25, -0.2) is 30.8 Å². The molecule has 0 saturated heterocycles. The number of nitrogens with zero attached hydrogens (tertiary/aromatic N) is 6. The molecule has 55 heavy (non-hydrogen) atoms. The highest BCUT2D eigenvalue weighted by Gasteiger charge is 2.35. The maximum absolute atomic E-state index is 16.5. The number of hydrogen-bond acceptors (Lipinski definition) is 7. The number of aryl methyl sites for hydroxylation is 1. The molecule has 282 valence electrons. The number of fused-ring (bicyclic) bond motifs is 10. The molecule has 6 bridgehead atoms. The molecule has 0 N–H and O–H groups in total. The van der Waals surface area contributed by atoms with Crippen LogP contribution in [0, 0.1) is 11.6 Å². The zero-order valence-corrected chi connectivity index (χ0v) is 33.7. The first-order valence-corrected chi connectivity index (χ1v) is 21.0. The van der Waals surface area contributed by atoms with Crippen LogP contribution in [0.3, 0.4) is 0 Å². The van der Waals surface area contributed by atoms with Crippen LogP contribution in [0.25, 0.3) is 22.3 Å². The Hall–Kier alpha value is -4.79. The Kier molecular flexibility index (Phi) is 9.49. The normalized spacial score (nSPS) is 17.5. The van der Waals surface area contributed by atoms with Crippen LogP contribution in [0.2, 0.25) is 0 Å². The molecule has 4 heterocycles. The second-order valence-corrected chi connectivity index (χ2v) is 18.4.